The molecule has 0 aliphatic carbocycles. The smallest absolute Gasteiger partial charge is 0.316 e. The topological polar surface area (TPSA) is 75.8 Å². The number of aliphatic hydroxyl groups excluding tert-OH is 1. The van der Waals surface area contributed by atoms with Crippen LogP contribution in [0.1, 0.15) is 0 Å². The molecule has 0 aromatic heterocycles. The number of carbonyl (C=O) groups excluding carboxylic acids is 1. The van der Waals surface area contributed by atoms with Gasteiger partial charge in [-0.1, -0.05) is 6.58 Å². The van der Waals surface area contributed by atoms with Gasteiger partial charge in [0, 0.05) is 0 Å². The fraction of sp³-hybridized carbons (Fsp3) is 0.500. The normalized spacial score (nSPS) is 8.82. The Balaban J connectivity index is 3.52. The molecule has 5 heteroatoms. The van der Waals surface area contributed by atoms with Crippen molar-refractivity contribution in [3.05, 3.63) is 12.8 Å². The van der Waals surface area contributed by atoms with E-state index in [1.54, 1.807) is 0 Å². The zero-order valence-corrected chi connectivity index (χ0v) is 6.19. The molecule has 0 aliphatic heterocycles. The maximum atomic E-state index is 10.4. The van der Waals surface area contributed by atoms with Crippen LogP contribution >= 0.6 is 0 Å². The van der Waals surface area contributed by atoms with Gasteiger partial charge in [0.15, 0.2) is 0 Å². The number of amides is 2. The van der Waals surface area contributed by atoms with E-state index in [2.05, 4.69) is 6.58 Å². The molecule has 0 saturated carbocycles. The molecule has 0 unspecified atom stereocenters. The molecular formula is C6H12N2O3. The van der Waals surface area contributed by atoms with E-state index in [0.29, 0.717) is 0 Å². The second-order valence-corrected chi connectivity index (χ2v) is 1.78. The second-order valence-electron chi connectivity index (χ2n) is 1.78. The van der Waals surface area contributed by atoms with Crippen LogP contribution in [0.15, 0.2) is 12.8 Å². The Morgan fingerprint density at radius 2 is 2.45 bits per heavy atom. The first-order valence-electron chi connectivity index (χ1n) is 3.10. The van der Waals surface area contributed by atoms with Gasteiger partial charge in [-0.2, -0.15) is 0 Å². The van der Waals surface area contributed by atoms with Crippen LogP contribution in [-0.2, 0) is 4.74 Å². The third-order valence-corrected chi connectivity index (χ3v) is 1.08. The highest BCUT2D eigenvalue weighted by Gasteiger charge is 2.05. The molecular weight excluding hydrogens is 148 g/mol. The predicted octanol–water partition coefficient (Wildman–Crippen LogP) is -0.523. The van der Waals surface area contributed by atoms with Crippen molar-refractivity contribution in [3.8, 4) is 0 Å². The van der Waals surface area contributed by atoms with Crippen molar-refractivity contribution in [2.24, 2.45) is 5.73 Å². The van der Waals surface area contributed by atoms with E-state index in [9.17, 15) is 4.79 Å². The van der Waals surface area contributed by atoms with Crippen molar-refractivity contribution in [1.82, 2.24) is 4.90 Å². The van der Waals surface area contributed by atoms with Crippen molar-refractivity contribution in [3.63, 3.8) is 0 Å². The third-order valence-electron chi connectivity index (χ3n) is 1.08. The number of rotatable bonds is 5. The molecule has 0 heterocycles. The average Bonchev–Trinajstić information content (AvgIpc) is 1.97. The molecule has 0 aromatic carbocycles. The van der Waals surface area contributed by atoms with Gasteiger partial charge in [0.2, 0.25) is 0 Å². The van der Waals surface area contributed by atoms with Crippen molar-refractivity contribution in [2.45, 2.75) is 0 Å². The van der Waals surface area contributed by atoms with E-state index in [0.717, 1.165) is 4.90 Å². The summed E-state index contributed by atoms with van der Waals surface area (Å²) in [5.74, 6) is 0. The fourth-order valence-electron chi connectivity index (χ4n) is 0.497. The van der Waals surface area contributed by atoms with Gasteiger partial charge in [0.05, 0.1) is 12.8 Å². The van der Waals surface area contributed by atoms with Crippen LogP contribution < -0.4 is 5.73 Å². The number of nitrogens with two attached hydrogens (primary N) is 1. The molecule has 5 nitrogen and oxygen atoms in total. The summed E-state index contributed by atoms with van der Waals surface area (Å²) in [4.78, 5) is 11.5. The Morgan fingerprint density at radius 3 is 2.82 bits per heavy atom. The zero-order chi connectivity index (χ0) is 8.69. The van der Waals surface area contributed by atoms with Crippen LogP contribution in [0.25, 0.3) is 0 Å². The Hall–Kier alpha value is -1.23. The molecule has 3 N–H and O–H groups in total. The number of hydrogen-bond donors (Lipinski definition) is 2. The maximum Gasteiger partial charge on any atom is 0.316 e. The first-order valence-corrected chi connectivity index (χ1v) is 3.10. The van der Waals surface area contributed by atoms with Gasteiger partial charge in [-0.05, 0) is 0 Å². The van der Waals surface area contributed by atoms with Crippen LogP contribution in [0.5, 0.6) is 0 Å². The molecule has 0 rings (SSSR count). The molecule has 0 saturated heterocycles. The van der Waals surface area contributed by atoms with E-state index in [1.165, 1.54) is 6.26 Å². The summed E-state index contributed by atoms with van der Waals surface area (Å²) < 4.78 is 4.72. The van der Waals surface area contributed by atoms with Crippen LogP contribution in [0.4, 0.5) is 4.79 Å². The Bertz CT molecular complexity index is 138. The van der Waals surface area contributed by atoms with E-state index in [1.807, 2.05) is 0 Å². The van der Waals surface area contributed by atoms with Crippen molar-refractivity contribution < 1.29 is 14.6 Å². The summed E-state index contributed by atoms with van der Waals surface area (Å²) >= 11 is 0. The highest BCUT2D eigenvalue weighted by atomic mass is 16.5. The van der Waals surface area contributed by atoms with Gasteiger partial charge in [-0.3, -0.25) is 4.90 Å². The van der Waals surface area contributed by atoms with Gasteiger partial charge < -0.3 is 15.6 Å². The first kappa shape index (κ1) is 9.77. The Kier molecular flexibility index (Phi) is 4.93. The lowest BCUT2D eigenvalue weighted by atomic mass is 10.6. The highest BCUT2D eigenvalue weighted by molar-refractivity contribution is 5.71. The summed E-state index contributed by atoms with van der Waals surface area (Å²) in [7, 11) is 0. The molecule has 0 spiro atoms. The number of nitrogens with zero attached hydrogens (tertiary/aromatic N) is 1. The molecule has 0 fully saturated rings. The minimum absolute atomic E-state index is 0.262. The zero-order valence-electron chi connectivity index (χ0n) is 6.19. The minimum atomic E-state index is -0.667. The summed E-state index contributed by atoms with van der Waals surface area (Å²) in [6.07, 6.45) is 1.26. The molecule has 2 amide bonds. The fourth-order valence-corrected chi connectivity index (χ4v) is 0.497. The minimum Gasteiger partial charge on any atom is -0.500 e. The quantitative estimate of drug-likeness (QED) is 0.322. The van der Waals surface area contributed by atoms with E-state index in [4.69, 9.17) is 15.6 Å². The predicted molar refractivity (Wildman–Crippen MR) is 39.5 cm³/mol. The van der Waals surface area contributed by atoms with Gasteiger partial charge >= 0.3 is 6.03 Å². The van der Waals surface area contributed by atoms with Crippen molar-refractivity contribution in [2.75, 3.05) is 19.9 Å². The lowest BCUT2D eigenvalue weighted by molar-refractivity contribution is 0.107. The monoisotopic (exact) mass is 160 g/mol. The molecule has 0 radical (unpaired) electrons. The van der Waals surface area contributed by atoms with Gasteiger partial charge in [0.1, 0.15) is 13.3 Å². The molecule has 0 aliphatic rings. The van der Waals surface area contributed by atoms with Crippen LogP contribution in [0.3, 0.4) is 0 Å². The van der Waals surface area contributed by atoms with Crippen LogP contribution in [0, 0.1) is 0 Å². The standard InChI is InChI=1S/C6H12N2O3/c1-2-11-4-3-8(5-9)6(7)10/h2,9H,1,3-5H2,(H2,7,10). The summed E-state index contributed by atoms with van der Waals surface area (Å²) in [6.45, 7) is 3.46. The van der Waals surface area contributed by atoms with E-state index >= 15 is 0 Å². The lowest BCUT2D eigenvalue weighted by Gasteiger charge is -2.15. The second kappa shape index (κ2) is 5.55. The summed E-state index contributed by atoms with van der Waals surface area (Å²) in [6, 6.07) is -0.667. The van der Waals surface area contributed by atoms with Crippen molar-refractivity contribution in [1.29, 1.82) is 0 Å². The number of ether oxygens (including phenoxy) is 1. The molecule has 0 bridgehead atoms. The Labute approximate surface area is 65.0 Å². The van der Waals surface area contributed by atoms with E-state index in [-0.39, 0.29) is 13.2 Å². The van der Waals surface area contributed by atoms with Crippen LogP contribution in [-0.4, -0.2) is 35.9 Å². The number of urea groups is 1. The largest absolute Gasteiger partial charge is 0.500 e. The van der Waals surface area contributed by atoms with Gasteiger partial charge in [0.25, 0.3) is 0 Å². The maximum absolute atomic E-state index is 10.4. The SMILES string of the molecule is C=COCCN(CO)C(N)=O. The van der Waals surface area contributed by atoms with E-state index < -0.39 is 12.8 Å². The number of primary amides is 1. The van der Waals surface area contributed by atoms with Crippen LogP contribution in [0.2, 0.25) is 0 Å². The number of carbonyl (C=O) groups is 1. The Morgan fingerprint density at radius 1 is 1.82 bits per heavy atom. The van der Waals surface area contributed by atoms with Gasteiger partial charge in [-0.15, -0.1) is 0 Å². The molecule has 64 valence electrons. The first-order chi connectivity index (χ1) is 5.22. The molecule has 11 heavy (non-hydrogen) atoms. The summed E-state index contributed by atoms with van der Waals surface area (Å²) in [5.41, 5.74) is 4.88. The number of hydrogen-bond acceptors (Lipinski definition) is 3. The highest BCUT2D eigenvalue weighted by Crippen LogP contribution is 1.85. The molecule has 0 atom stereocenters. The molecule has 0 aromatic rings. The number of aliphatic hydroxyl groups is 1. The third kappa shape index (κ3) is 4.21. The van der Waals surface area contributed by atoms with Crippen molar-refractivity contribution >= 4 is 6.03 Å². The summed E-state index contributed by atoms with van der Waals surface area (Å²) in [5, 5.41) is 8.54. The average molecular weight is 160 g/mol. The van der Waals surface area contributed by atoms with Gasteiger partial charge in [-0.25, -0.2) is 4.79 Å². The lowest BCUT2D eigenvalue weighted by Crippen LogP contribution is -2.38.